The Balaban J connectivity index is 1.87. The Morgan fingerprint density at radius 2 is 2.00 bits per heavy atom. The van der Waals surface area contributed by atoms with E-state index in [4.69, 9.17) is 5.11 Å². The van der Waals surface area contributed by atoms with Crippen LogP contribution >= 0.6 is 0 Å². The number of hydrogen-bond donors (Lipinski definition) is 3. The molecule has 0 aromatic rings. The van der Waals surface area contributed by atoms with Crippen molar-refractivity contribution in [2.75, 3.05) is 0 Å². The van der Waals surface area contributed by atoms with Crippen molar-refractivity contribution in [3.05, 3.63) is 23.8 Å². The van der Waals surface area contributed by atoms with E-state index < -0.39 is 18.0 Å². The second kappa shape index (κ2) is 8.47. The number of carboxylic acids is 2. The molecular weight excluding hydrogens is 308 g/mol. The van der Waals surface area contributed by atoms with Crippen LogP contribution in [0.2, 0.25) is 0 Å². The van der Waals surface area contributed by atoms with Gasteiger partial charge in [-0.2, -0.15) is 0 Å². The fraction of sp³-hybridized carbons (Fsp3) is 0.684. The highest BCUT2D eigenvalue weighted by Gasteiger charge is 2.34. The zero-order valence-corrected chi connectivity index (χ0v) is 14.2. The molecule has 5 atom stereocenters. The van der Waals surface area contributed by atoms with Crippen molar-refractivity contribution < 1.29 is 24.9 Å². The van der Waals surface area contributed by atoms with Crippen molar-refractivity contribution in [1.29, 1.82) is 0 Å². The van der Waals surface area contributed by atoms with E-state index in [1.165, 1.54) is 5.57 Å². The lowest BCUT2D eigenvalue weighted by atomic mass is 9.66. The van der Waals surface area contributed by atoms with Crippen LogP contribution in [0.25, 0.3) is 0 Å². The Labute approximate surface area is 143 Å². The Morgan fingerprint density at radius 1 is 1.25 bits per heavy atom. The van der Waals surface area contributed by atoms with Crippen molar-refractivity contribution in [2.45, 2.75) is 58.0 Å². The van der Waals surface area contributed by atoms with E-state index in [1.54, 1.807) is 0 Å². The van der Waals surface area contributed by atoms with Crippen molar-refractivity contribution in [2.24, 2.45) is 23.7 Å². The first-order valence-corrected chi connectivity index (χ1v) is 8.91. The van der Waals surface area contributed by atoms with Crippen LogP contribution in [0.5, 0.6) is 0 Å². The summed E-state index contributed by atoms with van der Waals surface area (Å²) >= 11 is 0. The molecule has 3 N–H and O–H groups in total. The molecule has 2 aliphatic carbocycles. The number of hydrogen-bond acceptors (Lipinski definition) is 3. The van der Waals surface area contributed by atoms with E-state index in [0.717, 1.165) is 25.7 Å². The predicted molar refractivity (Wildman–Crippen MR) is 90.5 cm³/mol. The van der Waals surface area contributed by atoms with E-state index in [1.807, 2.05) is 6.08 Å². The lowest BCUT2D eigenvalue weighted by molar-refractivity contribution is -0.141. The van der Waals surface area contributed by atoms with Crippen LogP contribution in [0, 0.1) is 23.7 Å². The lowest BCUT2D eigenvalue weighted by Crippen LogP contribution is -2.30. The first-order chi connectivity index (χ1) is 11.4. The number of aliphatic hydroxyl groups is 1. The highest BCUT2D eigenvalue weighted by molar-refractivity contribution is 5.72. The molecule has 0 fully saturated rings. The van der Waals surface area contributed by atoms with E-state index in [2.05, 4.69) is 19.1 Å². The molecule has 0 amide bonds. The number of allylic oxidation sites excluding steroid dienone is 3. The Morgan fingerprint density at radius 3 is 2.67 bits per heavy atom. The summed E-state index contributed by atoms with van der Waals surface area (Å²) < 4.78 is 0. The lowest BCUT2D eigenvalue weighted by Gasteiger charge is -2.38. The second-order valence-electron chi connectivity index (χ2n) is 7.21. The van der Waals surface area contributed by atoms with Crippen LogP contribution in [-0.4, -0.2) is 33.4 Å². The van der Waals surface area contributed by atoms with Gasteiger partial charge < -0.3 is 15.3 Å². The van der Waals surface area contributed by atoms with Crippen molar-refractivity contribution in [1.82, 2.24) is 0 Å². The maximum absolute atomic E-state index is 11.2. The first kappa shape index (κ1) is 18.7. The van der Waals surface area contributed by atoms with Gasteiger partial charge in [0, 0.05) is 0 Å². The van der Waals surface area contributed by atoms with Crippen LogP contribution < -0.4 is 0 Å². The predicted octanol–water partition coefficient (Wildman–Crippen LogP) is 3.24. The van der Waals surface area contributed by atoms with E-state index in [-0.39, 0.29) is 12.3 Å². The van der Waals surface area contributed by atoms with Gasteiger partial charge in [0.25, 0.3) is 0 Å². The molecule has 24 heavy (non-hydrogen) atoms. The molecule has 0 saturated carbocycles. The van der Waals surface area contributed by atoms with Gasteiger partial charge in [0.2, 0.25) is 0 Å². The maximum Gasteiger partial charge on any atom is 0.310 e. The Hall–Kier alpha value is -1.62. The SMILES string of the molecule is CC1C=CC2=CC(C(=O)O)CCC2C1CCCCC(O)CC(=O)O. The summed E-state index contributed by atoms with van der Waals surface area (Å²) in [6.07, 6.45) is 10.2. The minimum absolute atomic E-state index is 0.186. The largest absolute Gasteiger partial charge is 0.481 e. The van der Waals surface area contributed by atoms with Crippen molar-refractivity contribution in [3.63, 3.8) is 0 Å². The minimum atomic E-state index is -0.960. The number of unbranched alkanes of at least 4 members (excludes halogenated alkanes) is 1. The van der Waals surface area contributed by atoms with Crippen LogP contribution in [-0.2, 0) is 9.59 Å². The average molecular weight is 336 g/mol. The summed E-state index contributed by atoms with van der Waals surface area (Å²) in [7, 11) is 0. The number of fused-ring (bicyclic) bond motifs is 1. The molecule has 0 radical (unpaired) electrons. The molecular formula is C19H28O5. The normalized spacial score (nSPS) is 30.3. The van der Waals surface area contributed by atoms with Gasteiger partial charge >= 0.3 is 11.9 Å². The Kier molecular flexibility index (Phi) is 6.60. The minimum Gasteiger partial charge on any atom is -0.481 e. The van der Waals surface area contributed by atoms with Gasteiger partial charge in [-0.1, -0.05) is 38.0 Å². The van der Waals surface area contributed by atoms with Crippen molar-refractivity contribution in [3.8, 4) is 0 Å². The zero-order chi connectivity index (χ0) is 17.7. The Bertz CT molecular complexity index is 522. The third-order valence-corrected chi connectivity index (χ3v) is 5.45. The molecule has 5 nitrogen and oxygen atoms in total. The summed E-state index contributed by atoms with van der Waals surface area (Å²) in [6, 6.07) is 0. The van der Waals surface area contributed by atoms with Gasteiger partial charge in [0.05, 0.1) is 18.4 Å². The number of rotatable bonds is 8. The van der Waals surface area contributed by atoms with Crippen LogP contribution in [0.1, 0.15) is 51.9 Å². The highest BCUT2D eigenvalue weighted by atomic mass is 16.4. The van der Waals surface area contributed by atoms with E-state index in [0.29, 0.717) is 30.6 Å². The van der Waals surface area contributed by atoms with Crippen molar-refractivity contribution >= 4 is 11.9 Å². The molecule has 2 aliphatic rings. The van der Waals surface area contributed by atoms with E-state index in [9.17, 15) is 19.8 Å². The smallest absolute Gasteiger partial charge is 0.310 e. The summed E-state index contributed by atoms with van der Waals surface area (Å²) in [4.78, 5) is 21.7. The number of carbonyl (C=O) groups is 2. The summed E-state index contributed by atoms with van der Waals surface area (Å²) in [5, 5.41) is 27.5. The summed E-state index contributed by atoms with van der Waals surface area (Å²) in [6.45, 7) is 2.21. The van der Waals surface area contributed by atoms with Gasteiger partial charge in [0.1, 0.15) is 0 Å². The maximum atomic E-state index is 11.2. The first-order valence-electron chi connectivity index (χ1n) is 8.91. The summed E-state index contributed by atoms with van der Waals surface area (Å²) in [5.74, 6) is -0.647. The standard InChI is InChI=1S/C19H28O5/c1-12-6-7-13-10-14(19(23)24)8-9-17(13)16(12)5-3-2-4-15(20)11-18(21)22/h6-7,10,12,14-17,20H,2-5,8-9,11H2,1H3,(H,21,22)(H,23,24). The number of aliphatic carboxylic acids is 2. The van der Waals surface area contributed by atoms with Gasteiger partial charge in [-0.05, 0) is 49.0 Å². The molecule has 0 aliphatic heterocycles. The molecule has 0 bridgehead atoms. The summed E-state index contributed by atoms with van der Waals surface area (Å²) in [5.41, 5.74) is 1.17. The van der Waals surface area contributed by atoms with Crippen LogP contribution in [0.15, 0.2) is 23.8 Å². The van der Waals surface area contributed by atoms with Gasteiger partial charge in [-0.25, -0.2) is 0 Å². The highest BCUT2D eigenvalue weighted by Crippen LogP contribution is 2.43. The monoisotopic (exact) mass is 336 g/mol. The molecule has 5 unspecified atom stereocenters. The fourth-order valence-electron chi connectivity index (χ4n) is 4.10. The number of aliphatic hydroxyl groups excluding tert-OH is 1. The molecule has 134 valence electrons. The molecule has 0 aromatic heterocycles. The zero-order valence-electron chi connectivity index (χ0n) is 14.2. The third-order valence-electron chi connectivity index (χ3n) is 5.45. The molecule has 0 heterocycles. The van der Waals surface area contributed by atoms with Gasteiger partial charge in [0.15, 0.2) is 0 Å². The van der Waals surface area contributed by atoms with E-state index >= 15 is 0 Å². The quantitative estimate of drug-likeness (QED) is 0.592. The molecule has 5 heteroatoms. The molecule has 0 aromatic carbocycles. The van der Waals surface area contributed by atoms with Gasteiger partial charge in [-0.3, -0.25) is 9.59 Å². The topological polar surface area (TPSA) is 94.8 Å². The van der Waals surface area contributed by atoms with Crippen LogP contribution in [0.3, 0.4) is 0 Å². The van der Waals surface area contributed by atoms with Crippen LogP contribution in [0.4, 0.5) is 0 Å². The molecule has 0 spiro atoms. The molecule has 2 rings (SSSR count). The molecule has 0 saturated heterocycles. The average Bonchev–Trinajstić information content (AvgIpc) is 2.51. The third kappa shape index (κ3) is 4.94. The second-order valence-corrected chi connectivity index (χ2v) is 7.21. The fourth-order valence-corrected chi connectivity index (χ4v) is 4.10. The van der Waals surface area contributed by atoms with Gasteiger partial charge in [-0.15, -0.1) is 0 Å². The number of carboxylic acid groups (broad SMARTS) is 2.